The summed E-state index contributed by atoms with van der Waals surface area (Å²) < 4.78 is 110. The Labute approximate surface area is 695 Å². The van der Waals surface area contributed by atoms with Gasteiger partial charge in [-0.05, 0) is 175 Å². The van der Waals surface area contributed by atoms with Gasteiger partial charge in [-0.1, -0.05) is 119 Å². The van der Waals surface area contributed by atoms with Gasteiger partial charge in [0.2, 0.25) is 0 Å². The number of hydrogen-bond acceptors (Lipinski definition) is 10. The Balaban J connectivity index is 0.000000147. The van der Waals surface area contributed by atoms with E-state index in [1.54, 1.807) is 64.9 Å². The molecule has 575 valence electrons. The SMILES string of the molecule is Cc1cn2cc(-c3cc(F)c4nc(C5CCCCC5)ccc4c3)cc(F)c2n1.Cc1cn2cc(-c3cc(F)c4nc(C5CCNCC5)ccc4c3)cc(F)c2n1.Cc1cn2cc(O[B]O)cc(F)c2n1.Cl.Cl.Fc1cc(Br)cc2ccc(C3CCCCC3)nc12.Fc1cc(Br)cc2ccc(Cl)nc12.[CH-]1CCCCC1.[Zn+][I]. The van der Waals surface area contributed by atoms with Crippen molar-refractivity contribution in [1.82, 2.24) is 53.4 Å². The normalized spacial score (nSPS) is 14.6. The predicted molar refractivity (Wildman–Crippen MR) is 446 cm³/mol. The van der Waals surface area contributed by atoms with E-state index in [1.807, 2.05) is 62.4 Å². The molecule has 14 aromatic rings. The molecule has 3 aliphatic carbocycles. The molecule has 4 aromatic carbocycles. The van der Waals surface area contributed by atoms with Crippen LogP contribution in [0.1, 0.15) is 161 Å². The van der Waals surface area contributed by atoms with Gasteiger partial charge in [0, 0.05) is 114 Å². The molecular weight excluding hydrogens is 1790 g/mol. The van der Waals surface area contributed by atoms with Gasteiger partial charge >= 0.3 is 42.2 Å². The number of fused-ring (bicyclic) bond motifs is 7. The van der Waals surface area contributed by atoms with Crippen LogP contribution < -0.4 is 9.97 Å². The van der Waals surface area contributed by atoms with Gasteiger partial charge < -0.3 is 34.6 Å². The molecule has 4 fully saturated rings. The Hall–Kier alpha value is -6.93. The van der Waals surface area contributed by atoms with Crippen molar-refractivity contribution in [2.75, 3.05) is 13.1 Å². The van der Waals surface area contributed by atoms with Crippen molar-refractivity contribution >= 4 is 156 Å². The fourth-order valence-corrected chi connectivity index (χ4v) is 15.5. The van der Waals surface area contributed by atoms with Crippen LogP contribution in [0.4, 0.5) is 30.7 Å². The van der Waals surface area contributed by atoms with Crippen molar-refractivity contribution in [3.8, 4) is 28.0 Å². The van der Waals surface area contributed by atoms with Crippen LogP contribution in [0.25, 0.3) is 82.8 Å². The maximum absolute atomic E-state index is 14.9. The van der Waals surface area contributed by atoms with Crippen molar-refractivity contribution in [2.45, 2.75) is 148 Å². The summed E-state index contributed by atoms with van der Waals surface area (Å²) in [5, 5.41) is 15.1. The first-order chi connectivity index (χ1) is 52.8. The Bertz CT molecular complexity index is 5340. The van der Waals surface area contributed by atoms with Crippen LogP contribution in [0.5, 0.6) is 5.75 Å². The third-order valence-electron chi connectivity index (χ3n) is 19.8. The van der Waals surface area contributed by atoms with Gasteiger partial charge in [0.15, 0.2) is 46.0 Å². The van der Waals surface area contributed by atoms with Gasteiger partial charge in [-0.2, -0.15) is 12.8 Å². The first-order valence-corrected chi connectivity index (χ1v) is 47.5. The van der Waals surface area contributed by atoms with Crippen LogP contribution in [-0.2, 0) is 14.8 Å². The van der Waals surface area contributed by atoms with Gasteiger partial charge in [0.05, 0.1) is 23.3 Å². The predicted octanol–water partition coefficient (Wildman–Crippen LogP) is 24.3. The second-order valence-corrected chi connectivity index (χ2v) is 29.9. The van der Waals surface area contributed by atoms with Crippen molar-refractivity contribution in [2.24, 2.45) is 0 Å². The summed E-state index contributed by atoms with van der Waals surface area (Å²) in [6, 6.07) is 32.4. The molecule has 1 aliphatic heterocycles. The van der Waals surface area contributed by atoms with Crippen LogP contribution >= 0.6 is 88.0 Å². The number of nitrogens with zero attached hydrogens (tertiary/aromatic N) is 10. The fraction of sp³-hybridized carbons (Fsp3) is 0.301. The first-order valence-electron chi connectivity index (χ1n) is 36.5. The average Bonchev–Trinajstić information content (AvgIpc) is 1.77. The summed E-state index contributed by atoms with van der Waals surface area (Å²) in [6.07, 6.45) is 34.0. The third-order valence-corrected chi connectivity index (χ3v) is 20.9. The molecule has 13 nitrogen and oxygen atoms in total. The molecule has 1 radical (unpaired) electrons. The molecule has 1 saturated heterocycles. The summed E-state index contributed by atoms with van der Waals surface area (Å²) in [5.74, 6) is -1.16. The summed E-state index contributed by atoms with van der Waals surface area (Å²) in [7, 11) is 0.504. The number of aryl methyl sites for hydroxylation is 3. The molecule has 0 bridgehead atoms. The van der Waals surface area contributed by atoms with E-state index in [4.69, 9.17) is 16.6 Å². The van der Waals surface area contributed by atoms with Crippen LogP contribution in [0.2, 0.25) is 5.15 Å². The van der Waals surface area contributed by atoms with Crippen molar-refractivity contribution in [3.05, 3.63) is 248 Å². The van der Waals surface area contributed by atoms with Crippen molar-refractivity contribution in [1.29, 1.82) is 0 Å². The third kappa shape index (κ3) is 22.1. The molecule has 111 heavy (non-hydrogen) atoms. The average molecular weight is 1870 g/mol. The number of hydrogen-bond donors (Lipinski definition) is 2. The molecule has 0 spiro atoms. The van der Waals surface area contributed by atoms with E-state index in [-0.39, 0.29) is 70.8 Å². The summed E-state index contributed by atoms with van der Waals surface area (Å²) in [4.78, 5) is 30.0. The van der Waals surface area contributed by atoms with E-state index in [9.17, 15) is 30.7 Å². The standard InChI is InChI=1S/C23H21F2N3.C22H20F2N4.C15H15BrFN.C9H4BrClFN.C8H7BFN2O2.C6H11.2ClH.HI.Zn/c1-14-12-28-13-18(11-20(25)23(28)26-14)17-9-16-7-8-21(15-5-3-2-4-6-15)27-22(16)19(24)10-17;1-13-11-28-12-17(10-19(24)22(28)26-13)16-8-15-2-3-20(14-4-6-25-7-5-14)27-21(15)18(23)9-16;16-12-8-11-6-7-14(10-4-2-1-3-5-10)18-15(11)13(17)9-12;10-6-3-5-1-2-8(11)13-9(5)7(12)4-6;1-5-3-12-4-6(14-9-13)2-7(10)8(12)11-5;1-2-4-6-5-3-1;;;;/h7-13,15H,2-6H2,1H3;2-3,8-12,14,25H,4-7H2,1H3;6-10H,1-5H2;1-4H;2-4,13H,1H3;1H,2-6H2;3*1H;/q;;;;;-1;;;;+2/p-1. The second kappa shape index (κ2) is 40.9. The number of pyridine rings is 7. The maximum atomic E-state index is 14.9. The van der Waals surface area contributed by atoms with Crippen LogP contribution in [0, 0.1) is 67.9 Å². The van der Waals surface area contributed by atoms with Crippen molar-refractivity contribution < 1.29 is 55.2 Å². The number of nitrogens with one attached hydrogen (secondary N) is 1. The molecule has 0 amide bonds. The van der Waals surface area contributed by atoms with E-state index >= 15 is 0 Å². The number of aromatic nitrogens is 10. The Morgan fingerprint density at radius 1 is 0.432 bits per heavy atom. The molecule has 3 saturated carbocycles. The minimum absolute atomic E-state index is 0. The monoisotopic (exact) mass is 1860 g/mol. The van der Waals surface area contributed by atoms with E-state index in [1.165, 1.54) is 145 Å². The summed E-state index contributed by atoms with van der Waals surface area (Å²) >= 11 is 15.8. The number of halogens is 13. The number of piperidine rings is 1. The van der Waals surface area contributed by atoms with E-state index in [2.05, 4.69) is 109 Å². The molecule has 11 heterocycles. The van der Waals surface area contributed by atoms with Gasteiger partial charge in [0.1, 0.15) is 44.6 Å². The Kier molecular flexibility index (Phi) is 31.8. The zero-order chi connectivity index (χ0) is 76.8. The molecule has 0 unspecified atom stereocenters. The van der Waals surface area contributed by atoms with Crippen LogP contribution in [-0.4, -0.2) is 73.9 Å². The Morgan fingerprint density at radius 3 is 1.18 bits per heavy atom. The van der Waals surface area contributed by atoms with E-state index in [0.29, 0.717) is 85.1 Å². The number of rotatable bonds is 7. The van der Waals surface area contributed by atoms with E-state index in [0.717, 1.165) is 99.3 Å². The minimum atomic E-state index is -0.488. The van der Waals surface area contributed by atoms with Gasteiger partial charge in [-0.25, -0.2) is 65.6 Å². The van der Waals surface area contributed by atoms with Gasteiger partial charge in [-0.3, -0.25) is 0 Å². The number of imidazole rings is 3. The molecular formula is C83H80BBr2Cl3F7IN11O2Zn. The molecule has 18 rings (SSSR count). The summed E-state index contributed by atoms with van der Waals surface area (Å²) in [6.45, 7) is 7.33. The quantitative estimate of drug-likeness (QED) is 0.0520. The van der Waals surface area contributed by atoms with Gasteiger partial charge in [-0.15, -0.1) is 24.8 Å². The first kappa shape index (κ1) is 86.5. The van der Waals surface area contributed by atoms with Crippen LogP contribution in [0.3, 0.4) is 0 Å². The molecule has 4 aliphatic rings. The van der Waals surface area contributed by atoms with E-state index < -0.39 is 17.5 Å². The van der Waals surface area contributed by atoms with Crippen molar-refractivity contribution in [3.63, 3.8) is 0 Å². The summed E-state index contributed by atoms with van der Waals surface area (Å²) in [5.41, 5.74) is 10.0. The number of benzene rings is 4. The van der Waals surface area contributed by atoms with Crippen LogP contribution in [0.15, 0.2) is 161 Å². The molecule has 0 atom stereocenters. The van der Waals surface area contributed by atoms with Gasteiger partial charge in [0.25, 0.3) is 0 Å². The Morgan fingerprint density at radius 2 is 0.784 bits per heavy atom. The fourth-order valence-electron chi connectivity index (χ4n) is 14.5. The molecule has 28 heteroatoms. The molecule has 10 aromatic heterocycles. The second-order valence-electron chi connectivity index (χ2n) is 27.7. The zero-order valence-electron chi connectivity index (χ0n) is 61.3. The topological polar surface area (TPSA) is 145 Å². The molecule has 2 N–H and O–H groups in total. The zero-order valence-corrected chi connectivity index (χ0v) is 71.9.